The standard InChI is InChI=1S/C22H23N3O5/c1-2-27-17-8-6-15(7-9-17)22-24-20(30-25-22)11-10-19(26)23-14-16-4-3-5-18-21(16)29-13-12-28-18/h3-9H,2,10-14H2,1H3,(H,23,26). The second kappa shape index (κ2) is 9.30. The molecule has 8 heteroatoms. The number of ether oxygens (including phenoxy) is 3. The highest BCUT2D eigenvalue weighted by Crippen LogP contribution is 2.33. The fourth-order valence-corrected chi connectivity index (χ4v) is 3.12. The Labute approximate surface area is 174 Å². The third kappa shape index (κ3) is 4.71. The average molecular weight is 409 g/mol. The number of nitrogens with one attached hydrogen (secondary N) is 1. The first-order chi connectivity index (χ1) is 14.7. The molecule has 0 unspecified atom stereocenters. The van der Waals surface area contributed by atoms with E-state index in [0.717, 1.165) is 16.9 Å². The van der Waals surface area contributed by atoms with Crippen molar-refractivity contribution in [2.45, 2.75) is 26.3 Å². The van der Waals surface area contributed by atoms with Crippen molar-refractivity contribution < 1.29 is 23.5 Å². The predicted molar refractivity (Wildman–Crippen MR) is 109 cm³/mol. The molecule has 3 aromatic rings. The number of amides is 1. The van der Waals surface area contributed by atoms with E-state index >= 15 is 0 Å². The van der Waals surface area contributed by atoms with Crippen molar-refractivity contribution >= 4 is 5.91 Å². The minimum Gasteiger partial charge on any atom is -0.494 e. The molecule has 1 aliphatic heterocycles. The Balaban J connectivity index is 1.29. The normalized spacial score (nSPS) is 12.4. The van der Waals surface area contributed by atoms with E-state index < -0.39 is 0 Å². The van der Waals surface area contributed by atoms with E-state index in [1.54, 1.807) is 0 Å². The monoisotopic (exact) mass is 409 g/mol. The average Bonchev–Trinajstić information content (AvgIpc) is 3.26. The lowest BCUT2D eigenvalue weighted by molar-refractivity contribution is -0.121. The first kappa shape index (κ1) is 19.8. The van der Waals surface area contributed by atoms with Gasteiger partial charge in [0, 0.05) is 30.5 Å². The van der Waals surface area contributed by atoms with Crippen LogP contribution in [0.15, 0.2) is 47.0 Å². The van der Waals surface area contributed by atoms with Crippen LogP contribution in [0.3, 0.4) is 0 Å². The van der Waals surface area contributed by atoms with Crippen LogP contribution in [0.25, 0.3) is 11.4 Å². The third-order valence-corrected chi connectivity index (χ3v) is 4.58. The molecule has 30 heavy (non-hydrogen) atoms. The molecule has 0 radical (unpaired) electrons. The quantitative estimate of drug-likeness (QED) is 0.610. The van der Waals surface area contributed by atoms with Gasteiger partial charge in [0.25, 0.3) is 0 Å². The van der Waals surface area contributed by atoms with E-state index in [1.165, 1.54) is 0 Å². The number of para-hydroxylation sites is 1. The highest BCUT2D eigenvalue weighted by Gasteiger charge is 2.16. The van der Waals surface area contributed by atoms with Crippen LogP contribution in [0.1, 0.15) is 24.8 Å². The Morgan fingerprint density at radius 2 is 1.97 bits per heavy atom. The summed E-state index contributed by atoms with van der Waals surface area (Å²) in [6, 6.07) is 13.1. The molecule has 1 aromatic heterocycles. The molecule has 2 heterocycles. The van der Waals surface area contributed by atoms with Crippen molar-refractivity contribution in [2.75, 3.05) is 19.8 Å². The van der Waals surface area contributed by atoms with Crippen molar-refractivity contribution in [3.8, 4) is 28.6 Å². The van der Waals surface area contributed by atoms with Gasteiger partial charge in [0.1, 0.15) is 19.0 Å². The minimum atomic E-state index is -0.106. The van der Waals surface area contributed by atoms with Crippen LogP contribution in [0.4, 0.5) is 0 Å². The lowest BCUT2D eigenvalue weighted by atomic mass is 10.1. The Hall–Kier alpha value is -3.55. The zero-order valence-corrected chi connectivity index (χ0v) is 16.7. The fraction of sp³-hybridized carbons (Fsp3) is 0.318. The van der Waals surface area contributed by atoms with E-state index in [1.807, 2.05) is 49.4 Å². The summed E-state index contributed by atoms with van der Waals surface area (Å²) < 4.78 is 21.9. The van der Waals surface area contributed by atoms with Gasteiger partial charge in [-0.3, -0.25) is 4.79 Å². The molecule has 0 spiro atoms. The lowest BCUT2D eigenvalue weighted by Crippen LogP contribution is -2.24. The Morgan fingerprint density at radius 3 is 2.80 bits per heavy atom. The first-order valence-electron chi connectivity index (χ1n) is 9.93. The van der Waals surface area contributed by atoms with Crippen LogP contribution >= 0.6 is 0 Å². The highest BCUT2D eigenvalue weighted by atomic mass is 16.6. The zero-order valence-electron chi connectivity index (χ0n) is 16.7. The largest absolute Gasteiger partial charge is 0.494 e. The van der Waals surface area contributed by atoms with Gasteiger partial charge in [-0.15, -0.1) is 0 Å². The van der Waals surface area contributed by atoms with Crippen molar-refractivity contribution in [1.82, 2.24) is 15.5 Å². The van der Waals surface area contributed by atoms with E-state index in [2.05, 4.69) is 15.5 Å². The van der Waals surface area contributed by atoms with Gasteiger partial charge in [-0.05, 0) is 37.3 Å². The molecule has 1 N–H and O–H groups in total. The second-order valence-electron chi connectivity index (χ2n) is 6.69. The van der Waals surface area contributed by atoms with Crippen LogP contribution in [0, 0.1) is 0 Å². The van der Waals surface area contributed by atoms with E-state index in [0.29, 0.717) is 56.0 Å². The molecule has 1 amide bonds. The first-order valence-corrected chi connectivity index (χ1v) is 9.93. The SMILES string of the molecule is CCOc1ccc(-c2noc(CCC(=O)NCc3cccc4c3OCCO4)n2)cc1. The smallest absolute Gasteiger partial charge is 0.227 e. The fourth-order valence-electron chi connectivity index (χ4n) is 3.12. The number of aromatic nitrogens is 2. The van der Waals surface area contributed by atoms with Crippen molar-refractivity contribution in [3.63, 3.8) is 0 Å². The number of nitrogens with zero attached hydrogens (tertiary/aromatic N) is 2. The van der Waals surface area contributed by atoms with Crippen molar-refractivity contribution in [3.05, 3.63) is 53.9 Å². The maximum Gasteiger partial charge on any atom is 0.227 e. The summed E-state index contributed by atoms with van der Waals surface area (Å²) in [5.74, 6) is 2.99. The van der Waals surface area contributed by atoms with E-state index in [-0.39, 0.29) is 12.3 Å². The maximum absolute atomic E-state index is 12.2. The summed E-state index contributed by atoms with van der Waals surface area (Å²) in [6.07, 6.45) is 0.611. The lowest BCUT2D eigenvalue weighted by Gasteiger charge is -2.21. The molecule has 8 nitrogen and oxygen atoms in total. The molecule has 156 valence electrons. The number of aryl methyl sites for hydroxylation is 1. The summed E-state index contributed by atoms with van der Waals surface area (Å²) in [5, 5.41) is 6.89. The molecular weight excluding hydrogens is 386 g/mol. The van der Waals surface area contributed by atoms with E-state index in [4.69, 9.17) is 18.7 Å². The Morgan fingerprint density at radius 1 is 1.13 bits per heavy atom. The molecule has 4 rings (SSSR count). The third-order valence-electron chi connectivity index (χ3n) is 4.58. The van der Waals surface area contributed by atoms with Gasteiger partial charge in [-0.25, -0.2) is 0 Å². The minimum absolute atomic E-state index is 0.106. The number of carbonyl (C=O) groups excluding carboxylic acids is 1. The van der Waals surface area contributed by atoms with Gasteiger partial charge in [0.15, 0.2) is 11.5 Å². The van der Waals surface area contributed by atoms with Crippen LogP contribution < -0.4 is 19.5 Å². The summed E-state index contributed by atoms with van der Waals surface area (Å²) >= 11 is 0. The summed E-state index contributed by atoms with van der Waals surface area (Å²) in [7, 11) is 0. The summed E-state index contributed by atoms with van der Waals surface area (Å²) in [6.45, 7) is 3.96. The molecule has 0 atom stereocenters. The van der Waals surface area contributed by atoms with Crippen molar-refractivity contribution in [1.29, 1.82) is 0 Å². The number of rotatable bonds is 8. The van der Waals surface area contributed by atoms with Gasteiger partial charge >= 0.3 is 0 Å². The number of benzene rings is 2. The van der Waals surface area contributed by atoms with Gasteiger partial charge in [-0.2, -0.15) is 4.98 Å². The van der Waals surface area contributed by atoms with E-state index in [9.17, 15) is 4.79 Å². The molecule has 0 bridgehead atoms. The summed E-state index contributed by atoms with van der Waals surface area (Å²) in [4.78, 5) is 16.6. The number of carbonyl (C=O) groups is 1. The van der Waals surface area contributed by atoms with Crippen LogP contribution in [0.5, 0.6) is 17.2 Å². The molecule has 0 saturated heterocycles. The predicted octanol–water partition coefficient (Wildman–Crippen LogP) is 3.16. The Kier molecular flexibility index (Phi) is 6.12. The number of hydrogen-bond acceptors (Lipinski definition) is 7. The highest BCUT2D eigenvalue weighted by molar-refractivity contribution is 5.76. The number of fused-ring (bicyclic) bond motifs is 1. The summed E-state index contributed by atoms with van der Waals surface area (Å²) in [5.41, 5.74) is 1.71. The van der Waals surface area contributed by atoms with Gasteiger partial charge < -0.3 is 24.1 Å². The van der Waals surface area contributed by atoms with Gasteiger partial charge in [-0.1, -0.05) is 17.3 Å². The topological polar surface area (TPSA) is 95.7 Å². The molecule has 0 saturated carbocycles. The van der Waals surface area contributed by atoms with Crippen LogP contribution in [-0.2, 0) is 17.8 Å². The number of hydrogen-bond donors (Lipinski definition) is 1. The Bertz CT molecular complexity index is 1000. The van der Waals surface area contributed by atoms with Crippen LogP contribution in [-0.4, -0.2) is 35.9 Å². The molecular formula is C22H23N3O5. The second-order valence-corrected chi connectivity index (χ2v) is 6.69. The molecule has 2 aromatic carbocycles. The zero-order chi connectivity index (χ0) is 20.8. The molecule has 0 aliphatic carbocycles. The van der Waals surface area contributed by atoms with Crippen molar-refractivity contribution in [2.24, 2.45) is 0 Å². The van der Waals surface area contributed by atoms with Crippen LogP contribution in [0.2, 0.25) is 0 Å². The molecule has 1 aliphatic rings. The van der Waals surface area contributed by atoms with Gasteiger partial charge in [0.2, 0.25) is 17.6 Å². The molecule has 0 fully saturated rings. The maximum atomic E-state index is 12.2. The van der Waals surface area contributed by atoms with Gasteiger partial charge in [0.05, 0.1) is 6.61 Å².